The van der Waals surface area contributed by atoms with Gasteiger partial charge in [0.05, 0.1) is 16.7 Å². The number of H-pyrrole nitrogens is 1. The predicted molar refractivity (Wildman–Crippen MR) is 139 cm³/mol. The smallest absolute Gasteiger partial charge is 0.240 e. The molecule has 1 unspecified atom stereocenters. The lowest BCUT2D eigenvalue weighted by atomic mass is 10.1. The van der Waals surface area contributed by atoms with E-state index in [1.54, 1.807) is 24.3 Å². The monoisotopic (exact) mass is 489 g/mol. The van der Waals surface area contributed by atoms with Gasteiger partial charge in [0.25, 0.3) is 0 Å². The number of nitrogens with one attached hydrogen (secondary N) is 2. The maximum atomic E-state index is 12.7. The highest BCUT2D eigenvalue weighted by atomic mass is 32.2. The van der Waals surface area contributed by atoms with E-state index in [1.165, 1.54) is 0 Å². The van der Waals surface area contributed by atoms with Gasteiger partial charge in [0, 0.05) is 23.4 Å². The van der Waals surface area contributed by atoms with Crippen LogP contribution in [0.2, 0.25) is 0 Å². The number of aromatic nitrogens is 2. The summed E-state index contributed by atoms with van der Waals surface area (Å²) in [7, 11) is -3.63. The van der Waals surface area contributed by atoms with Crippen molar-refractivity contribution < 1.29 is 13.5 Å². The van der Waals surface area contributed by atoms with Crippen LogP contribution in [0.4, 0.5) is 0 Å². The van der Waals surface area contributed by atoms with Crippen molar-refractivity contribution in [3.8, 4) is 22.6 Å². The molecule has 0 radical (unpaired) electrons. The van der Waals surface area contributed by atoms with Gasteiger partial charge in [0.2, 0.25) is 10.0 Å². The standard InChI is InChI=1S/C28H31N3O3S/c1-2-10-26(32)21-16-18-24(19-17-21)35(33,34)29-20-9-15-25-27(22-11-5-3-6-12-22)31-28(30-25)23-13-7-4-8-14-23/h3-8,11-14,16-19,26,29,32H,2,9-10,15,20H2,1H3,(H,30,31). The Labute approximate surface area is 207 Å². The number of benzene rings is 3. The van der Waals surface area contributed by atoms with Gasteiger partial charge in [-0.25, -0.2) is 18.1 Å². The van der Waals surface area contributed by atoms with Crippen molar-refractivity contribution in [1.82, 2.24) is 14.7 Å². The van der Waals surface area contributed by atoms with Crippen molar-refractivity contribution in [3.05, 3.63) is 96.2 Å². The average molecular weight is 490 g/mol. The molecule has 6 nitrogen and oxygen atoms in total. The van der Waals surface area contributed by atoms with E-state index >= 15 is 0 Å². The third-order valence-electron chi connectivity index (χ3n) is 5.91. The van der Waals surface area contributed by atoms with E-state index in [4.69, 9.17) is 4.98 Å². The summed E-state index contributed by atoms with van der Waals surface area (Å²) in [6.45, 7) is 2.30. The fraction of sp³-hybridized carbons (Fsp3) is 0.250. The molecular weight excluding hydrogens is 458 g/mol. The number of hydrogen-bond acceptors (Lipinski definition) is 4. The summed E-state index contributed by atoms with van der Waals surface area (Å²) in [5, 5.41) is 10.1. The summed E-state index contributed by atoms with van der Waals surface area (Å²) in [4.78, 5) is 8.48. The number of imidazole rings is 1. The molecule has 3 N–H and O–H groups in total. The van der Waals surface area contributed by atoms with E-state index in [9.17, 15) is 13.5 Å². The zero-order valence-electron chi connectivity index (χ0n) is 19.8. The van der Waals surface area contributed by atoms with Crippen LogP contribution in [0, 0.1) is 0 Å². The summed E-state index contributed by atoms with van der Waals surface area (Å²) in [5.41, 5.74) is 4.61. The number of hydrogen-bond donors (Lipinski definition) is 3. The Morgan fingerprint density at radius 1 is 0.914 bits per heavy atom. The van der Waals surface area contributed by atoms with Gasteiger partial charge < -0.3 is 10.1 Å². The summed E-state index contributed by atoms with van der Waals surface area (Å²) in [5.74, 6) is 0.797. The normalized spacial score (nSPS) is 12.5. The molecule has 0 saturated carbocycles. The van der Waals surface area contributed by atoms with Crippen LogP contribution in [-0.2, 0) is 16.4 Å². The van der Waals surface area contributed by atoms with Crippen molar-refractivity contribution in [2.75, 3.05) is 6.54 Å². The van der Waals surface area contributed by atoms with Gasteiger partial charge in [-0.15, -0.1) is 0 Å². The lowest BCUT2D eigenvalue weighted by Gasteiger charge is -2.11. The number of aliphatic hydroxyl groups is 1. The fourth-order valence-corrected chi connectivity index (χ4v) is 5.10. The first-order valence-electron chi connectivity index (χ1n) is 12.0. The summed E-state index contributed by atoms with van der Waals surface area (Å²) < 4.78 is 28.2. The fourth-order valence-electron chi connectivity index (χ4n) is 4.02. The maximum absolute atomic E-state index is 12.7. The number of aromatic amines is 1. The zero-order valence-corrected chi connectivity index (χ0v) is 20.6. The Bertz CT molecular complexity index is 1320. The third-order valence-corrected chi connectivity index (χ3v) is 7.38. The number of rotatable bonds is 11. The van der Waals surface area contributed by atoms with Crippen molar-refractivity contribution >= 4 is 10.0 Å². The molecule has 3 aromatic carbocycles. The van der Waals surface area contributed by atoms with Gasteiger partial charge >= 0.3 is 0 Å². The van der Waals surface area contributed by atoms with Gasteiger partial charge in [0.1, 0.15) is 5.82 Å². The van der Waals surface area contributed by atoms with Crippen LogP contribution >= 0.6 is 0 Å². The Kier molecular flexibility index (Phi) is 8.13. The van der Waals surface area contributed by atoms with E-state index in [-0.39, 0.29) is 4.90 Å². The topological polar surface area (TPSA) is 95.1 Å². The largest absolute Gasteiger partial charge is 0.388 e. The van der Waals surface area contributed by atoms with Crippen LogP contribution in [0.15, 0.2) is 89.8 Å². The van der Waals surface area contributed by atoms with Crippen LogP contribution in [0.3, 0.4) is 0 Å². The minimum Gasteiger partial charge on any atom is -0.388 e. The number of aliphatic hydroxyl groups excluding tert-OH is 1. The number of aryl methyl sites for hydroxylation is 1. The molecule has 0 amide bonds. The second-order valence-corrected chi connectivity index (χ2v) is 10.3. The average Bonchev–Trinajstić information content (AvgIpc) is 3.32. The number of nitrogens with zero attached hydrogens (tertiary/aromatic N) is 1. The molecule has 1 heterocycles. The van der Waals surface area contributed by atoms with Crippen LogP contribution in [-0.4, -0.2) is 30.0 Å². The van der Waals surface area contributed by atoms with Gasteiger partial charge in [-0.1, -0.05) is 86.1 Å². The molecule has 0 fully saturated rings. The molecule has 0 aliphatic carbocycles. The van der Waals surface area contributed by atoms with Gasteiger partial charge in [-0.05, 0) is 37.0 Å². The molecule has 4 aromatic rings. The molecule has 35 heavy (non-hydrogen) atoms. The molecule has 0 saturated heterocycles. The molecule has 1 atom stereocenters. The SMILES string of the molecule is CCCC(O)c1ccc(S(=O)(=O)NCCCc2[nH]c(-c3ccccc3)nc2-c2ccccc2)cc1. The first-order valence-corrected chi connectivity index (χ1v) is 13.4. The molecule has 0 bridgehead atoms. The highest BCUT2D eigenvalue weighted by Gasteiger charge is 2.16. The molecule has 0 aliphatic rings. The minimum absolute atomic E-state index is 0.197. The number of sulfonamides is 1. The molecule has 7 heteroatoms. The van der Waals surface area contributed by atoms with E-state index < -0.39 is 16.1 Å². The molecule has 4 rings (SSSR count). The second-order valence-electron chi connectivity index (χ2n) is 8.52. The summed E-state index contributed by atoms with van der Waals surface area (Å²) in [6.07, 6.45) is 2.20. The lowest BCUT2D eigenvalue weighted by Crippen LogP contribution is -2.25. The Hall–Kier alpha value is -3.26. The van der Waals surface area contributed by atoms with Gasteiger partial charge in [-0.3, -0.25) is 0 Å². The van der Waals surface area contributed by atoms with E-state index in [2.05, 4.69) is 9.71 Å². The highest BCUT2D eigenvalue weighted by molar-refractivity contribution is 7.89. The van der Waals surface area contributed by atoms with Crippen molar-refractivity contribution in [3.63, 3.8) is 0 Å². The van der Waals surface area contributed by atoms with E-state index in [1.807, 2.05) is 67.6 Å². The van der Waals surface area contributed by atoms with Gasteiger partial charge in [-0.2, -0.15) is 0 Å². The molecule has 0 spiro atoms. The van der Waals surface area contributed by atoms with Crippen molar-refractivity contribution in [1.29, 1.82) is 0 Å². The van der Waals surface area contributed by atoms with Gasteiger partial charge in [0.15, 0.2) is 0 Å². The Morgan fingerprint density at radius 2 is 1.54 bits per heavy atom. The lowest BCUT2D eigenvalue weighted by molar-refractivity contribution is 0.166. The Balaban J connectivity index is 1.43. The third kappa shape index (κ3) is 6.25. The first-order chi connectivity index (χ1) is 17.0. The molecule has 182 valence electrons. The Morgan fingerprint density at radius 3 is 2.17 bits per heavy atom. The first kappa shape index (κ1) is 24.9. The van der Waals surface area contributed by atoms with Crippen molar-refractivity contribution in [2.45, 2.75) is 43.6 Å². The predicted octanol–water partition coefficient (Wildman–Crippen LogP) is 5.49. The maximum Gasteiger partial charge on any atom is 0.240 e. The van der Waals surface area contributed by atoms with Crippen LogP contribution < -0.4 is 4.72 Å². The summed E-state index contributed by atoms with van der Waals surface area (Å²) >= 11 is 0. The molecular formula is C28H31N3O3S. The highest BCUT2D eigenvalue weighted by Crippen LogP contribution is 2.27. The van der Waals surface area contributed by atoms with Crippen LogP contribution in [0.5, 0.6) is 0 Å². The van der Waals surface area contributed by atoms with Crippen LogP contribution in [0.1, 0.15) is 43.5 Å². The van der Waals surface area contributed by atoms with Crippen LogP contribution in [0.25, 0.3) is 22.6 Å². The molecule has 1 aromatic heterocycles. The minimum atomic E-state index is -3.63. The second kappa shape index (κ2) is 11.4. The zero-order chi connectivity index (χ0) is 24.7. The summed E-state index contributed by atoms with van der Waals surface area (Å²) in [6, 6.07) is 26.4. The quantitative estimate of drug-likeness (QED) is 0.243. The van der Waals surface area contributed by atoms with Crippen molar-refractivity contribution in [2.24, 2.45) is 0 Å². The molecule has 0 aliphatic heterocycles. The van der Waals surface area contributed by atoms with E-state index in [0.717, 1.165) is 40.3 Å². The van der Waals surface area contributed by atoms with E-state index in [0.29, 0.717) is 25.8 Å².